The molecule has 0 unspecified atom stereocenters. The second-order valence-electron chi connectivity index (χ2n) is 5.69. The number of nitrogens with zero attached hydrogens (tertiary/aromatic N) is 2. The van der Waals surface area contributed by atoms with Crippen molar-refractivity contribution in [3.63, 3.8) is 0 Å². The van der Waals surface area contributed by atoms with Crippen LogP contribution in [0.15, 0.2) is 46.8 Å². The number of hydrogen-bond acceptors (Lipinski definition) is 6. The number of fused-ring (bicyclic) bond motifs is 1. The molecule has 0 saturated heterocycles. The van der Waals surface area contributed by atoms with Crippen molar-refractivity contribution >= 4 is 17.2 Å². The largest absolute Gasteiger partial charge is 0.454 e. The highest BCUT2D eigenvalue weighted by molar-refractivity contribution is 7.09. The topological polar surface area (TPSA) is 82.5 Å². The van der Waals surface area contributed by atoms with Gasteiger partial charge in [-0.2, -0.15) is 0 Å². The molecule has 7 nitrogen and oxygen atoms in total. The van der Waals surface area contributed by atoms with Crippen molar-refractivity contribution in [3.05, 3.63) is 68.5 Å². The summed E-state index contributed by atoms with van der Waals surface area (Å²) in [5, 5.41) is 5.37. The number of amides is 1. The molecule has 1 amide bonds. The molecule has 1 aromatic carbocycles. The second kappa shape index (κ2) is 6.64. The number of pyridine rings is 1. The summed E-state index contributed by atoms with van der Waals surface area (Å²) in [5.41, 5.74) is 0.944. The highest BCUT2D eigenvalue weighted by Crippen LogP contribution is 2.33. The number of hydrogen-bond donors (Lipinski definition) is 1. The summed E-state index contributed by atoms with van der Waals surface area (Å²) in [6.07, 6.45) is 3.32. The van der Waals surface area contributed by atoms with Crippen LogP contribution in [-0.2, 0) is 6.54 Å². The number of benzene rings is 1. The van der Waals surface area contributed by atoms with Gasteiger partial charge in [0, 0.05) is 23.8 Å². The first kappa shape index (κ1) is 16.3. The highest BCUT2D eigenvalue weighted by atomic mass is 32.1. The Hall–Kier alpha value is -3.13. The molecule has 0 aliphatic carbocycles. The lowest BCUT2D eigenvalue weighted by Gasteiger charge is -2.11. The number of rotatable bonds is 4. The zero-order chi connectivity index (χ0) is 18.1. The van der Waals surface area contributed by atoms with E-state index in [0.29, 0.717) is 22.7 Å². The van der Waals surface area contributed by atoms with Gasteiger partial charge in [0.2, 0.25) is 6.79 Å². The van der Waals surface area contributed by atoms with E-state index in [-0.39, 0.29) is 24.5 Å². The molecule has 3 heterocycles. The van der Waals surface area contributed by atoms with Gasteiger partial charge in [-0.25, -0.2) is 4.98 Å². The fourth-order valence-electron chi connectivity index (χ4n) is 2.73. The van der Waals surface area contributed by atoms with E-state index in [4.69, 9.17) is 9.47 Å². The third-order valence-electron chi connectivity index (χ3n) is 4.05. The summed E-state index contributed by atoms with van der Waals surface area (Å²) < 4.78 is 12.1. The zero-order valence-corrected chi connectivity index (χ0v) is 14.7. The third kappa shape index (κ3) is 2.95. The van der Waals surface area contributed by atoms with Crippen LogP contribution >= 0.6 is 11.3 Å². The van der Waals surface area contributed by atoms with Crippen LogP contribution in [0.25, 0.3) is 5.69 Å². The lowest BCUT2D eigenvalue weighted by molar-refractivity contribution is 0.0948. The molecule has 132 valence electrons. The van der Waals surface area contributed by atoms with Crippen LogP contribution in [-0.4, -0.2) is 22.3 Å². The molecule has 26 heavy (non-hydrogen) atoms. The number of aryl methyl sites for hydroxylation is 1. The standard InChI is InChI=1S/C18H15N3O4S/c1-11-4-6-21(12-2-3-13-14(8-12)25-10-24-13)18(23)16(11)17(22)20-9-15-19-5-7-26-15/h2-8H,9-10H2,1H3,(H,20,22). The van der Waals surface area contributed by atoms with E-state index in [1.807, 2.05) is 5.38 Å². The first-order valence-electron chi connectivity index (χ1n) is 7.92. The van der Waals surface area contributed by atoms with E-state index in [2.05, 4.69) is 10.3 Å². The Morgan fingerprint density at radius 1 is 1.31 bits per heavy atom. The summed E-state index contributed by atoms with van der Waals surface area (Å²) in [6, 6.07) is 6.95. The Labute approximate surface area is 152 Å². The second-order valence-corrected chi connectivity index (χ2v) is 6.67. The first-order valence-corrected chi connectivity index (χ1v) is 8.80. The minimum Gasteiger partial charge on any atom is -0.454 e. The molecule has 0 fully saturated rings. The number of thiazole rings is 1. The van der Waals surface area contributed by atoms with E-state index in [1.165, 1.54) is 15.9 Å². The Kier molecular flexibility index (Phi) is 4.18. The Bertz CT molecular complexity index is 1030. The van der Waals surface area contributed by atoms with Crippen molar-refractivity contribution in [2.75, 3.05) is 6.79 Å². The maximum atomic E-state index is 12.9. The molecule has 8 heteroatoms. The van der Waals surface area contributed by atoms with Gasteiger partial charge in [0.1, 0.15) is 10.6 Å². The van der Waals surface area contributed by atoms with Crippen molar-refractivity contribution in [3.8, 4) is 17.2 Å². The number of aromatic nitrogens is 2. The molecule has 2 aromatic heterocycles. The average molecular weight is 369 g/mol. The van der Waals surface area contributed by atoms with Crippen LogP contribution in [0.1, 0.15) is 20.9 Å². The van der Waals surface area contributed by atoms with Gasteiger partial charge < -0.3 is 14.8 Å². The minimum absolute atomic E-state index is 0.113. The van der Waals surface area contributed by atoms with E-state index in [1.54, 1.807) is 43.6 Å². The number of carbonyl (C=O) groups excluding carboxylic acids is 1. The monoisotopic (exact) mass is 369 g/mol. The van der Waals surface area contributed by atoms with Gasteiger partial charge in [-0.3, -0.25) is 14.2 Å². The molecule has 0 saturated carbocycles. The molecular weight excluding hydrogens is 354 g/mol. The maximum Gasteiger partial charge on any atom is 0.268 e. The van der Waals surface area contributed by atoms with Crippen LogP contribution in [0.4, 0.5) is 0 Å². The summed E-state index contributed by atoms with van der Waals surface area (Å²) in [4.78, 5) is 29.6. The number of carbonyl (C=O) groups is 1. The Balaban J connectivity index is 1.67. The van der Waals surface area contributed by atoms with E-state index in [0.717, 1.165) is 5.01 Å². The van der Waals surface area contributed by atoms with Crippen molar-refractivity contribution < 1.29 is 14.3 Å². The van der Waals surface area contributed by atoms with Crippen molar-refractivity contribution in [2.45, 2.75) is 13.5 Å². The quantitative estimate of drug-likeness (QED) is 0.763. The Morgan fingerprint density at radius 3 is 2.96 bits per heavy atom. The highest BCUT2D eigenvalue weighted by Gasteiger charge is 2.19. The van der Waals surface area contributed by atoms with Gasteiger partial charge in [0.25, 0.3) is 11.5 Å². The normalized spacial score (nSPS) is 12.2. The molecule has 0 spiro atoms. The van der Waals surface area contributed by atoms with Gasteiger partial charge >= 0.3 is 0 Å². The lowest BCUT2D eigenvalue weighted by Crippen LogP contribution is -2.33. The van der Waals surface area contributed by atoms with Gasteiger partial charge in [0.15, 0.2) is 11.5 Å². The molecule has 0 bridgehead atoms. The molecule has 3 aromatic rings. The summed E-state index contributed by atoms with van der Waals surface area (Å²) >= 11 is 1.44. The van der Waals surface area contributed by atoms with E-state index < -0.39 is 5.91 Å². The first-order chi connectivity index (χ1) is 12.6. The summed E-state index contributed by atoms with van der Waals surface area (Å²) in [5.74, 6) is 0.790. The van der Waals surface area contributed by atoms with Crippen LogP contribution in [0.5, 0.6) is 11.5 Å². The molecule has 4 rings (SSSR count). The SMILES string of the molecule is Cc1ccn(-c2ccc3c(c2)OCO3)c(=O)c1C(=O)NCc1nccs1. The summed E-state index contributed by atoms with van der Waals surface area (Å²) in [6.45, 7) is 2.18. The molecular formula is C18H15N3O4S. The maximum absolute atomic E-state index is 12.9. The van der Waals surface area contributed by atoms with Crippen molar-refractivity contribution in [1.82, 2.24) is 14.9 Å². The van der Waals surface area contributed by atoms with Crippen LogP contribution in [0.2, 0.25) is 0 Å². The molecule has 1 aliphatic rings. The summed E-state index contributed by atoms with van der Waals surface area (Å²) in [7, 11) is 0. The molecule has 1 N–H and O–H groups in total. The van der Waals surface area contributed by atoms with Crippen molar-refractivity contribution in [2.24, 2.45) is 0 Å². The van der Waals surface area contributed by atoms with Crippen LogP contribution in [0.3, 0.4) is 0 Å². The fraction of sp³-hybridized carbons (Fsp3) is 0.167. The number of ether oxygens (including phenoxy) is 2. The molecule has 1 aliphatic heterocycles. The predicted molar refractivity (Wildman–Crippen MR) is 96.2 cm³/mol. The lowest BCUT2D eigenvalue weighted by atomic mass is 10.1. The molecule has 0 radical (unpaired) electrons. The van der Waals surface area contributed by atoms with Gasteiger partial charge in [-0.1, -0.05) is 0 Å². The van der Waals surface area contributed by atoms with E-state index >= 15 is 0 Å². The predicted octanol–water partition coefficient (Wildman–Crippen LogP) is 2.26. The van der Waals surface area contributed by atoms with Crippen LogP contribution in [0, 0.1) is 6.92 Å². The van der Waals surface area contributed by atoms with Crippen LogP contribution < -0.4 is 20.3 Å². The number of nitrogens with one attached hydrogen (secondary N) is 1. The minimum atomic E-state index is -0.419. The van der Waals surface area contributed by atoms with Crippen molar-refractivity contribution in [1.29, 1.82) is 0 Å². The van der Waals surface area contributed by atoms with Gasteiger partial charge in [0.05, 0.1) is 12.2 Å². The zero-order valence-electron chi connectivity index (χ0n) is 13.9. The third-order valence-corrected chi connectivity index (χ3v) is 4.83. The fourth-order valence-corrected chi connectivity index (χ4v) is 3.28. The van der Waals surface area contributed by atoms with Gasteiger partial charge in [-0.15, -0.1) is 11.3 Å². The molecule has 0 atom stereocenters. The smallest absolute Gasteiger partial charge is 0.268 e. The Morgan fingerprint density at radius 2 is 2.15 bits per heavy atom. The van der Waals surface area contributed by atoms with Gasteiger partial charge in [-0.05, 0) is 30.7 Å². The average Bonchev–Trinajstić information content (AvgIpc) is 3.31. The van der Waals surface area contributed by atoms with E-state index in [9.17, 15) is 9.59 Å².